The summed E-state index contributed by atoms with van der Waals surface area (Å²) in [5.74, 6) is 0.0751. The predicted octanol–water partition coefficient (Wildman–Crippen LogP) is -0.543. The van der Waals surface area contributed by atoms with Crippen molar-refractivity contribution >= 4 is 17.7 Å². The van der Waals surface area contributed by atoms with E-state index in [1.54, 1.807) is 11.2 Å². The molecule has 0 radical (unpaired) electrons. The molecule has 1 amide bonds. The zero-order chi connectivity index (χ0) is 12.7. The molecule has 0 bridgehead atoms. The first-order valence-corrected chi connectivity index (χ1v) is 6.36. The lowest BCUT2D eigenvalue weighted by atomic mass is 10.1. The minimum atomic E-state index is 0.0751. The van der Waals surface area contributed by atoms with E-state index < -0.39 is 0 Å². The van der Waals surface area contributed by atoms with Crippen molar-refractivity contribution in [3.8, 4) is 0 Å². The topological polar surface area (TPSA) is 58.1 Å². The van der Waals surface area contributed by atoms with Crippen molar-refractivity contribution in [2.75, 3.05) is 0 Å². The van der Waals surface area contributed by atoms with Crippen LogP contribution in [0.1, 0.15) is 32.4 Å². The molecule has 2 heterocycles. The number of carbonyl (C=O) groups excluding carboxylic acids is 1. The second kappa shape index (κ2) is 4.08. The number of amides is 1. The molecule has 5 heteroatoms. The van der Waals surface area contributed by atoms with Crippen LogP contribution in [0.2, 0.25) is 0 Å². The average molecular weight is 244 g/mol. The van der Waals surface area contributed by atoms with E-state index in [0.29, 0.717) is 0 Å². The van der Waals surface area contributed by atoms with E-state index in [4.69, 9.17) is 0 Å². The number of hydrogen-bond acceptors (Lipinski definition) is 4. The van der Waals surface area contributed by atoms with Gasteiger partial charge in [-0.3, -0.25) is 9.80 Å². The number of hydrogen-bond donors (Lipinski definition) is 1. The highest BCUT2D eigenvalue weighted by Gasteiger charge is 2.28. The molecule has 1 aromatic heterocycles. The van der Waals surface area contributed by atoms with Crippen molar-refractivity contribution < 1.29 is 4.79 Å². The van der Waals surface area contributed by atoms with Gasteiger partial charge in [0, 0.05) is 22.2 Å². The molecular weight excluding hydrogens is 228 g/mol. The summed E-state index contributed by atoms with van der Waals surface area (Å²) >= 11 is 0. The first kappa shape index (κ1) is 11.2. The highest BCUT2D eigenvalue weighted by atomic mass is 16.2. The predicted molar refractivity (Wildman–Crippen MR) is 67.2 cm³/mol. The van der Waals surface area contributed by atoms with E-state index in [1.165, 1.54) is 0 Å². The van der Waals surface area contributed by atoms with Crippen LogP contribution in [0, 0.1) is 0 Å². The van der Waals surface area contributed by atoms with Gasteiger partial charge in [0.05, 0.1) is 17.9 Å². The SMILES string of the molecule is CCC(C)N1NC=c2cnnc3c2=C(CC3)C1=O. The fourth-order valence-corrected chi connectivity index (χ4v) is 2.51. The van der Waals surface area contributed by atoms with Gasteiger partial charge < -0.3 is 5.43 Å². The number of nitrogens with zero attached hydrogens (tertiary/aromatic N) is 3. The van der Waals surface area contributed by atoms with Gasteiger partial charge in [0.15, 0.2) is 0 Å². The molecule has 94 valence electrons. The highest BCUT2D eigenvalue weighted by Crippen LogP contribution is 2.16. The van der Waals surface area contributed by atoms with E-state index in [-0.39, 0.29) is 11.9 Å². The van der Waals surface area contributed by atoms with Crippen molar-refractivity contribution in [2.45, 2.75) is 39.2 Å². The fraction of sp³-hybridized carbons (Fsp3) is 0.462. The van der Waals surface area contributed by atoms with E-state index in [2.05, 4.69) is 22.5 Å². The van der Waals surface area contributed by atoms with Gasteiger partial charge in [-0.05, 0) is 26.2 Å². The summed E-state index contributed by atoms with van der Waals surface area (Å²) in [6.45, 7) is 4.12. The molecule has 1 unspecified atom stereocenters. The van der Waals surface area contributed by atoms with Crippen LogP contribution in [-0.2, 0) is 11.2 Å². The summed E-state index contributed by atoms with van der Waals surface area (Å²) in [6, 6.07) is 0.167. The minimum Gasteiger partial charge on any atom is -0.302 e. The Morgan fingerprint density at radius 2 is 2.33 bits per heavy atom. The molecule has 0 saturated heterocycles. The lowest BCUT2D eigenvalue weighted by molar-refractivity contribution is -0.129. The zero-order valence-electron chi connectivity index (χ0n) is 10.6. The van der Waals surface area contributed by atoms with Crippen LogP contribution < -0.4 is 15.9 Å². The molecule has 1 aromatic rings. The summed E-state index contributed by atoms with van der Waals surface area (Å²) in [5.41, 5.74) is 4.92. The van der Waals surface area contributed by atoms with Gasteiger partial charge in [0.2, 0.25) is 0 Å². The van der Waals surface area contributed by atoms with E-state index in [9.17, 15) is 4.79 Å². The Bertz CT molecular complexity index is 622. The Kier molecular flexibility index (Phi) is 2.54. The Hall–Kier alpha value is -1.91. The Morgan fingerprint density at radius 3 is 3.11 bits per heavy atom. The maximum atomic E-state index is 12.5. The average Bonchev–Trinajstić information content (AvgIpc) is 2.76. The molecule has 1 aliphatic heterocycles. The molecule has 0 spiro atoms. The molecular formula is C13H16N4O. The van der Waals surface area contributed by atoms with Gasteiger partial charge in [-0.25, -0.2) is 0 Å². The molecule has 18 heavy (non-hydrogen) atoms. The Morgan fingerprint density at radius 1 is 1.50 bits per heavy atom. The fourth-order valence-electron chi connectivity index (χ4n) is 2.51. The van der Waals surface area contributed by atoms with Crippen molar-refractivity contribution in [1.82, 2.24) is 20.6 Å². The maximum absolute atomic E-state index is 12.5. The summed E-state index contributed by atoms with van der Waals surface area (Å²) in [4.78, 5) is 12.5. The monoisotopic (exact) mass is 244 g/mol. The number of hydrazine groups is 1. The van der Waals surface area contributed by atoms with Gasteiger partial charge >= 0.3 is 0 Å². The standard InChI is InChI=1S/C13H16N4O/c1-3-8(2)17-13(18)10-4-5-11-12(10)9(7-15-17)6-14-16-11/h6-8,15H,3-5H2,1-2H3. The Labute approximate surface area is 105 Å². The maximum Gasteiger partial charge on any atom is 0.269 e. The van der Waals surface area contributed by atoms with Gasteiger partial charge in [0.25, 0.3) is 5.91 Å². The van der Waals surface area contributed by atoms with Crippen LogP contribution in [-0.4, -0.2) is 27.2 Å². The smallest absolute Gasteiger partial charge is 0.269 e. The first-order chi connectivity index (χ1) is 8.72. The van der Waals surface area contributed by atoms with Crippen molar-refractivity contribution in [3.63, 3.8) is 0 Å². The van der Waals surface area contributed by atoms with Crippen molar-refractivity contribution in [1.29, 1.82) is 0 Å². The molecule has 0 saturated carbocycles. The van der Waals surface area contributed by atoms with Crippen LogP contribution in [0.3, 0.4) is 0 Å². The Balaban J connectivity index is 2.20. The van der Waals surface area contributed by atoms with Crippen LogP contribution >= 0.6 is 0 Å². The van der Waals surface area contributed by atoms with Crippen LogP contribution in [0.4, 0.5) is 0 Å². The van der Waals surface area contributed by atoms with E-state index in [0.717, 1.165) is 41.0 Å². The van der Waals surface area contributed by atoms with Gasteiger partial charge in [-0.1, -0.05) is 6.92 Å². The number of aryl methyl sites for hydroxylation is 1. The third kappa shape index (κ3) is 1.50. The lowest BCUT2D eigenvalue weighted by Gasteiger charge is -2.27. The third-order valence-corrected chi connectivity index (χ3v) is 3.73. The second-order valence-electron chi connectivity index (χ2n) is 4.81. The zero-order valence-corrected chi connectivity index (χ0v) is 10.6. The summed E-state index contributed by atoms with van der Waals surface area (Å²) in [5, 5.41) is 11.8. The normalized spacial score (nSPS) is 18.9. The molecule has 1 N–H and O–H groups in total. The van der Waals surface area contributed by atoms with Crippen LogP contribution in [0.15, 0.2) is 6.20 Å². The van der Waals surface area contributed by atoms with Gasteiger partial charge in [-0.15, -0.1) is 0 Å². The van der Waals surface area contributed by atoms with Gasteiger partial charge in [-0.2, -0.15) is 10.2 Å². The summed E-state index contributed by atoms with van der Waals surface area (Å²) < 4.78 is 0. The summed E-state index contributed by atoms with van der Waals surface area (Å²) in [6.07, 6.45) is 6.07. The summed E-state index contributed by atoms with van der Waals surface area (Å²) in [7, 11) is 0. The third-order valence-electron chi connectivity index (χ3n) is 3.73. The molecule has 0 aromatic carbocycles. The highest BCUT2D eigenvalue weighted by molar-refractivity contribution is 6.14. The van der Waals surface area contributed by atoms with Gasteiger partial charge in [0.1, 0.15) is 0 Å². The molecule has 2 aliphatic rings. The molecule has 5 nitrogen and oxygen atoms in total. The van der Waals surface area contributed by atoms with Crippen molar-refractivity contribution in [3.05, 3.63) is 22.3 Å². The van der Waals surface area contributed by atoms with E-state index in [1.807, 2.05) is 13.1 Å². The molecule has 0 fully saturated rings. The lowest BCUT2D eigenvalue weighted by Crippen LogP contribution is -2.45. The molecule has 1 aliphatic carbocycles. The number of rotatable bonds is 2. The minimum absolute atomic E-state index is 0.0751. The second-order valence-corrected chi connectivity index (χ2v) is 4.81. The quantitative estimate of drug-likeness (QED) is 0.759. The first-order valence-electron chi connectivity index (χ1n) is 6.36. The number of nitrogens with one attached hydrogen (secondary N) is 1. The number of aromatic nitrogens is 2. The van der Waals surface area contributed by atoms with Crippen LogP contribution in [0.25, 0.3) is 11.8 Å². The largest absolute Gasteiger partial charge is 0.302 e. The molecule has 1 atom stereocenters. The van der Waals surface area contributed by atoms with Crippen LogP contribution in [0.5, 0.6) is 0 Å². The number of carbonyl (C=O) groups is 1. The van der Waals surface area contributed by atoms with Crippen molar-refractivity contribution in [2.24, 2.45) is 0 Å². The molecule has 3 rings (SSSR count). The van der Waals surface area contributed by atoms with E-state index >= 15 is 0 Å².